The van der Waals surface area contributed by atoms with Crippen molar-refractivity contribution >= 4 is 27.5 Å². The minimum absolute atomic E-state index is 0.0870. The summed E-state index contributed by atoms with van der Waals surface area (Å²) >= 11 is 0. The quantitative estimate of drug-likeness (QED) is 0.216. The molecule has 4 aromatic rings. The number of rotatable bonds is 12. The van der Waals surface area contributed by atoms with Crippen molar-refractivity contribution in [1.29, 1.82) is 0 Å². The number of sulfonamides is 1. The van der Waals surface area contributed by atoms with Crippen LogP contribution in [0.15, 0.2) is 102 Å². The van der Waals surface area contributed by atoms with Crippen molar-refractivity contribution in [3.63, 3.8) is 0 Å². The number of carbonyl (C=O) groups excluding carboxylic acids is 2. The molecule has 1 N–H and O–H groups in total. The molecular formula is C36H41N3O4S. The number of aryl methyl sites for hydroxylation is 4. The largest absolute Gasteiger partial charge is 0.355 e. The second-order valence-electron chi connectivity index (χ2n) is 11.2. The van der Waals surface area contributed by atoms with Gasteiger partial charge in [-0.25, -0.2) is 8.42 Å². The van der Waals surface area contributed by atoms with Crippen molar-refractivity contribution in [2.24, 2.45) is 0 Å². The SMILES string of the molecule is CCNC(=O)[C@H](Cc1ccccc1)N(Cc1cccc(C)c1)C(=O)CN(c1ccc(C)c(C)c1)S(=O)(=O)c1ccc(C)cc1. The van der Waals surface area contributed by atoms with E-state index in [0.29, 0.717) is 12.2 Å². The molecule has 0 radical (unpaired) electrons. The fraction of sp³-hybridized carbons (Fsp3) is 0.278. The monoisotopic (exact) mass is 611 g/mol. The average Bonchev–Trinajstić information content (AvgIpc) is 3.00. The molecule has 0 spiro atoms. The zero-order valence-corrected chi connectivity index (χ0v) is 26.9. The van der Waals surface area contributed by atoms with E-state index in [0.717, 1.165) is 37.7 Å². The first kappa shape index (κ1) is 32.5. The zero-order chi connectivity index (χ0) is 31.9. The first-order valence-electron chi connectivity index (χ1n) is 14.8. The topological polar surface area (TPSA) is 86.8 Å². The molecule has 8 heteroatoms. The first-order valence-corrected chi connectivity index (χ1v) is 16.3. The molecule has 0 bridgehead atoms. The van der Waals surface area contributed by atoms with Crippen molar-refractivity contribution in [3.8, 4) is 0 Å². The zero-order valence-electron chi connectivity index (χ0n) is 26.1. The summed E-state index contributed by atoms with van der Waals surface area (Å²) in [7, 11) is -4.14. The van der Waals surface area contributed by atoms with E-state index in [1.54, 1.807) is 36.4 Å². The number of benzene rings is 4. The van der Waals surface area contributed by atoms with E-state index in [1.807, 2.05) is 95.3 Å². The lowest BCUT2D eigenvalue weighted by Crippen LogP contribution is -2.53. The highest BCUT2D eigenvalue weighted by Crippen LogP contribution is 2.27. The Kier molecular flexibility index (Phi) is 10.6. The number of nitrogens with zero attached hydrogens (tertiary/aromatic N) is 2. The van der Waals surface area contributed by atoms with Crippen LogP contribution >= 0.6 is 0 Å². The molecule has 0 aliphatic heterocycles. The molecular weight excluding hydrogens is 570 g/mol. The molecule has 2 amide bonds. The Morgan fingerprint density at radius 1 is 0.750 bits per heavy atom. The van der Waals surface area contributed by atoms with Gasteiger partial charge in [0, 0.05) is 19.5 Å². The van der Waals surface area contributed by atoms with Crippen LogP contribution < -0.4 is 9.62 Å². The molecule has 0 aliphatic rings. The van der Waals surface area contributed by atoms with E-state index in [-0.39, 0.29) is 23.8 Å². The fourth-order valence-electron chi connectivity index (χ4n) is 5.10. The normalized spacial score (nSPS) is 11.9. The van der Waals surface area contributed by atoms with Crippen molar-refractivity contribution in [3.05, 3.63) is 130 Å². The van der Waals surface area contributed by atoms with Gasteiger partial charge in [0.1, 0.15) is 12.6 Å². The number of hydrogen-bond donors (Lipinski definition) is 1. The molecule has 0 fully saturated rings. The van der Waals surface area contributed by atoms with Gasteiger partial charge in [0.2, 0.25) is 11.8 Å². The molecule has 44 heavy (non-hydrogen) atoms. The second kappa shape index (κ2) is 14.4. The fourth-order valence-corrected chi connectivity index (χ4v) is 6.51. The number of amides is 2. The van der Waals surface area contributed by atoms with Crippen molar-refractivity contribution in [2.45, 2.75) is 58.5 Å². The van der Waals surface area contributed by atoms with Crippen LogP contribution in [0.5, 0.6) is 0 Å². The molecule has 0 aliphatic carbocycles. The average molecular weight is 612 g/mol. The van der Waals surface area contributed by atoms with Gasteiger partial charge in [-0.05, 0) is 81.1 Å². The summed E-state index contributed by atoms with van der Waals surface area (Å²) < 4.78 is 29.5. The van der Waals surface area contributed by atoms with Gasteiger partial charge in [-0.2, -0.15) is 0 Å². The summed E-state index contributed by atoms with van der Waals surface area (Å²) in [6.07, 6.45) is 0.276. The molecule has 4 aromatic carbocycles. The molecule has 0 saturated heterocycles. The van der Waals surface area contributed by atoms with Crippen LogP contribution in [0.4, 0.5) is 5.69 Å². The molecule has 7 nitrogen and oxygen atoms in total. The van der Waals surface area contributed by atoms with Crippen LogP contribution in [0.25, 0.3) is 0 Å². The third-order valence-electron chi connectivity index (χ3n) is 7.72. The second-order valence-corrected chi connectivity index (χ2v) is 13.1. The van der Waals surface area contributed by atoms with E-state index >= 15 is 0 Å². The predicted octanol–water partition coefficient (Wildman–Crippen LogP) is 5.89. The lowest BCUT2D eigenvalue weighted by atomic mass is 10.0. The van der Waals surface area contributed by atoms with Crippen LogP contribution in [0.1, 0.15) is 40.3 Å². The Bertz CT molecular complexity index is 1700. The molecule has 0 heterocycles. The summed E-state index contributed by atoms with van der Waals surface area (Å²) in [4.78, 5) is 29.7. The van der Waals surface area contributed by atoms with Gasteiger partial charge in [0.05, 0.1) is 10.6 Å². The highest BCUT2D eigenvalue weighted by atomic mass is 32.2. The minimum atomic E-state index is -4.14. The predicted molar refractivity (Wildman–Crippen MR) is 176 cm³/mol. The Labute approximate surface area is 261 Å². The van der Waals surface area contributed by atoms with E-state index in [4.69, 9.17) is 0 Å². The highest BCUT2D eigenvalue weighted by Gasteiger charge is 2.34. The van der Waals surface area contributed by atoms with Gasteiger partial charge in [-0.1, -0.05) is 83.9 Å². The number of carbonyl (C=O) groups is 2. The summed E-state index contributed by atoms with van der Waals surface area (Å²) in [6.45, 7) is 9.61. The lowest BCUT2D eigenvalue weighted by molar-refractivity contribution is -0.140. The molecule has 230 valence electrons. The number of nitrogens with one attached hydrogen (secondary N) is 1. The van der Waals surface area contributed by atoms with Gasteiger partial charge in [0.15, 0.2) is 0 Å². The highest BCUT2D eigenvalue weighted by molar-refractivity contribution is 7.92. The van der Waals surface area contributed by atoms with Crippen LogP contribution in [-0.4, -0.2) is 44.3 Å². The minimum Gasteiger partial charge on any atom is -0.355 e. The van der Waals surface area contributed by atoms with Crippen LogP contribution in [0.2, 0.25) is 0 Å². The Morgan fingerprint density at radius 2 is 1.43 bits per heavy atom. The molecule has 0 saturated carbocycles. The third kappa shape index (κ3) is 7.94. The molecule has 1 atom stereocenters. The van der Waals surface area contributed by atoms with Crippen LogP contribution in [-0.2, 0) is 32.6 Å². The number of likely N-dealkylation sites (N-methyl/N-ethyl adjacent to an activating group) is 1. The van der Waals surface area contributed by atoms with Crippen molar-refractivity contribution < 1.29 is 18.0 Å². The van der Waals surface area contributed by atoms with Gasteiger partial charge in [0.25, 0.3) is 10.0 Å². The standard InChI is InChI=1S/C36H41N3O4S/c1-6-37-36(41)34(23-30-12-8-7-9-13-30)38(24-31-14-10-11-27(3)21-31)35(40)25-39(32-18-17-28(4)29(5)22-32)44(42,43)33-19-15-26(2)16-20-33/h7-22,34H,6,23-25H2,1-5H3,(H,37,41)/t34-/m0/s1. The number of hydrogen-bond acceptors (Lipinski definition) is 4. The summed E-state index contributed by atoms with van der Waals surface area (Å²) in [5.41, 5.74) is 5.98. The van der Waals surface area contributed by atoms with Crippen LogP contribution in [0, 0.1) is 27.7 Å². The molecule has 4 rings (SSSR count). The summed E-state index contributed by atoms with van der Waals surface area (Å²) in [5, 5.41) is 2.89. The Hall–Kier alpha value is -4.43. The summed E-state index contributed by atoms with van der Waals surface area (Å²) in [6, 6.07) is 28.4. The van der Waals surface area contributed by atoms with Crippen molar-refractivity contribution in [2.75, 3.05) is 17.4 Å². The van der Waals surface area contributed by atoms with Gasteiger partial charge >= 0.3 is 0 Å². The van der Waals surface area contributed by atoms with E-state index in [9.17, 15) is 18.0 Å². The van der Waals surface area contributed by atoms with Gasteiger partial charge in [-0.3, -0.25) is 13.9 Å². The van der Waals surface area contributed by atoms with Crippen LogP contribution in [0.3, 0.4) is 0 Å². The van der Waals surface area contributed by atoms with E-state index in [2.05, 4.69) is 5.32 Å². The lowest BCUT2D eigenvalue weighted by Gasteiger charge is -2.34. The Morgan fingerprint density at radius 3 is 2.07 bits per heavy atom. The maximum atomic E-state index is 14.5. The van der Waals surface area contributed by atoms with Crippen molar-refractivity contribution in [1.82, 2.24) is 10.2 Å². The molecule has 0 aromatic heterocycles. The smallest absolute Gasteiger partial charge is 0.264 e. The van der Waals surface area contributed by atoms with Gasteiger partial charge in [-0.15, -0.1) is 0 Å². The van der Waals surface area contributed by atoms with E-state index in [1.165, 1.54) is 4.90 Å². The van der Waals surface area contributed by atoms with Gasteiger partial charge < -0.3 is 10.2 Å². The third-order valence-corrected chi connectivity index (χ3v) is 9.51. The molecule has 0 unspecified atom stereocenters. The maximum absolute atomic E-state index is 14.5. The first-order chi connectivity index (χ1) is 21.0. The number of anilines is 1. The Balaban J connectivity index is 1.81. The maximum Gasteiger partial charge on any atom is 0.264 e. The summed E-state index contributed by atoms with van der Waals surface area (Å²) in [5.74, 6) is -0.774. The van der Waals surface area contributed by atoms with E-state index < -0.39 is 28.5 Å².